The van der Waals surface area contributed by atoms with Gasteiger partial charge in [0.2, 0.25) is 0 Å². The highest BCUT2D eigenvalue weighted by Gasteiger charge is 1.93. The fraction of sp³-hybridized carbons (Fsp3) is 0.643. The molecule has 0 rings (SSSR count). The number of unbranched alkanes of at least 4 members (excludes halogenated alkanes) is 3. The van der Waals surface area contributed by atoms with Gasteiger partial charge in [-0.15, -0.1) is 0 Å². The average molecular weight is 222 g/mol. The highest BCUT2D eigenvalue weighted by Crippen LogP contribution is 1.96. The Bertz CT molecular complexity index is 256. The molecule has 0 N–H and O–H groups in total. The summed E-state index contributed by atoms with van der Waals surface area (Å²) in [7, 11) is 0. The second kappa shape index (κ2) is 11.8. The van der Waals surface area contributed by atoms with Crippen molar-refractivity contribution in [3.05, 3.63) is 12.2 Å². The van der Waals surface area contributed by atoms with Gasteiger partial charge in [0.05, 0.1) is 6.61 Å². The minimum absolute atomic E-state index is 0.401. The SMILES string of the molecule is CCC=CCCOC(=O)C#CCCCCC. The van der Waals surface area contributed by atoms with E-state index in [2.05, 4.69) is 31.8 Å². The Kier molecular flexibility index (Phi) is 10.9. The monoisotopic (exact) mass is 222 g/mol. The van der Waals surface area contributed by atoms with Crippen molar-refractivity contribution in [3.8, 4) is 11.8 Å². The fourth-order valence-electron chi connectivity index (χ4n) is 1.14. The van der Waals surface area contributed by atoms with E-state index in [-0.39, 0.29) is 0 Å². The number of hydrogen-bond donors (Lipinski definition) is 0. The standard InChI is InChI=1S/C14H22O2/c1-3-5-7-9-10-12-14(15)16-13-11-8-6-4-2/h6,8H,3-5,7,9,11,13H2,1-2H3. The number of rotatable bonds is 7. The van der Waals surface area contributed by atoms with Gasteiger partial charge >= 0.3 is 5.97 Å². The fourth-order valence-corrected chi connectivity index (χ4v) is 1.14. The third-order valence-electron chi connectivity index (χ3n) is 2.02. The maximum Gasteiger partial charge on any atom is 0.384 e. The Morgan fingerprint density at radius 2 is 2.06 bits per heavy atom. The van der Waals surface area contributed by atoms with Crippen LogP contribution < -0.4 is 0 Å². The van der Waals surface area contributed by atoms with Crippen LogP contribution in [0.2, 0.25) is 0 Å². The molecule has 90 valence electrons. The van der Waals surface area contributed by atoms with Crippen LogP contribution in [0.4, 0.5) is 0 Å². The molecular formula is C14H22O2. The number of ether oxygens (including phenoxy) is 1. The van der Waals surface area contributed by atoms with Gasteiger partial charge in [0.15, 0.2) is 0 Å². The summed E-state index contributed by atoms with van der Waals surface area (Å²) in [4.78, 5) is 11.1. The van der Waals surface area contributed by atoms with Crippen LogP contribution in [-0.2, 0) is 9.53 Å². The second-order valence-corrected chi connectivity index (χ2v) is 3.56. The summed E-state index contributed by atoms with van der Waals surface area (Å²) in [6, 6.07) is 0. The molecule has 0 atom stereocenters. The van der Waals surface area contributed by atoms with Crippen LogP contribution in [0.5, 0.6) is 0 Å². The highest BCUT2D eigenvalue weighted by atomic mass is 16.5. The summed E-state index contributed by atoms with van der Waals surface area (Å²) < 4.78 is 4.93. The molecule has 0 aliphatic rings. The maximum atomic E-state index is 11.1. The Labute approximate surface area is 99.1 Å². The third kappa shape index (κ3) is 10.8. The summed E-state index contributed by atoms with van der Waals surface area (Å²) in [5.74, 6) is 4.93. The molecule has 16 heavy (non-hydrogen) atoms. The molecule has 0 saturated carbocycles. The molecule has 0 aromatic rings. The van der Waals surface area contributed by atoms with E-state index < -0.39 is 5.97 Å². The summed E-state index contributed by atoms with van der Waals surface area (Å²) in [5.41, 5.74) is 0. The van der Waals surface area contributed by atoms with Crippen molar-refractivity contribution in [2.75, 3.05) is 6.61 Å². The molecule has 0 heterocycles. The minimum Gasteiger partial charge on any atom is -0.456 e. The largest absolute Gasteiger partial charge is 0.456 e. The van der Waals surface area contributed by atoms with Crippen LogP contribution in [0.15, 0.2) is 12.2 Å². The van der Waals surface area contributed by atoms with E-state index in [0.29, 0.717) is 6.61 Å². The zero-order chi connectivity index (χ0) is 12.1. The van der Waals surface area contributed by atoms with Crippen molar-refractivity contribution in [3.63, 3.8) is 0 Å². The molecule has 2 nitrogen and oxygen atoms in total. The van der Waals surface area contributed by atoms with Crippen LogP contribution in [0.25, 0.3) is 0 Å². The van der Waals surface area contributed by atoms with E-state index in [1.54, 1.807) is 0 Å². The van der Waals surface area contributed by atoms with Gasteiger partial charge in [0.1, 0.15) is 0 Å². The molecule has 2 heteroatoms. The molecule has 0 fully saturated rings. The number of carbonyl (C=O) groups excluding carboxylic acids is 1. The predicted molar refractivity (Wildman–Crippen MR) is 66.9 cm³/mol. The third-order valence-corrected chi connectivity index (χ3v) is 2.02. The Morgan fingerprint density at radius 3 is 2.75 bits per heavy atom. The first-order valence-corrected chi connectivity index (χ1v) is 6.11. The molecule has 0 aliphatic heterocycles. The van der Waals surface area contributed by atoms with Gasteiger partial charge in [0, 0.05) is 12.3 Å². The van der Waals surface area contributed by atoms with Crippen LogP contribution in [0, 0.1) is 11.8 Å². The lowest BCUT2D eigenvalue weighted by atomic mass is 10.2. The predicted octanol–water partition coefficient (Wildman–Crippen LogP) is 3.47. The zero-order valence-electron chi connectivity index (χ0n) is 10.4. The quantitative estimate of drug-likeness (QED) is 0.217. The molecule has 0 saturated heterocycles. The molecule has 0 spiro atoms. The molecule has 0 bridgehead atoms. The normalized spacial score (nSPS) is 9.88. The van der Waals surface area contributed by atoms with Crippen molar-refractivity contribution in [2.45, 2.75) is 52.4 Å². The van der Waals surface area contributed by atoms with Crippen LogP contribution in [0.1, 0.15) is 52.4 Å². The van der Waals surface area contributed by atoms with Gasteiger partial charge in [-0.3, -0.25) is 0 Å². The number of hydrogen-bond acceptors (Lipinski definition) is 2. The minimum atomic E-state index is -0.401. The Hall–Kier alpha value is -1.23. The summed E-state index contributed by atoms with van der Waals surface area (Å²) in [6.45, 7) is 4.65. The summed E-state index contributed by atoms with van der Waals surface area (Å²) in [5, 5.41) is 0. The van der Waals surface area contributed by atoms with Gasteiger partial charge in [-0.05, 0) is 19.3 Å². The van der Waals surface area contributed by atoms with Gasteiger partial charge in [-0.2, -0.15) is 0 Å². The molecule has 0 amide bonds. The van der Waals surface area contributed by atoms with E-state index in [1.165, 1.54) is 12.8 Å². The average Bonchev–Trinajstić information content (AvgIpc) is 2.28. The molecule has 0 radical (unpaired) electrons. The van der Waals surface area contributed by atoms with E-state index in [4.69, 9.17) is 4.74 Å². The van der Waals surface area contributed by atoms with Gasteiger partial charge < -0.3 is 4.74 Å². The van der Waals surface area contributed by atoms with Crippen molar-refractivity contribution < 1.29 is 9.53 Å². The zero-order valence-corrected chi connectivity index (χ0v) is 10.4. The first-order chi connectivity index (χ1) is 7.81. The van der Waals surface area contributed by atoms with Crippen molar-refractivity contribution in [2.24, 2.45) is 0 Å². The lowest BCUT2D eigenvalue weighted by Crippen LogP contribution is -2.01. The van der Waals surface area contributed by atoms with Crippen molar-refractivity contribution in [1.29, 1.82) is 0 Å². The van der Waals surface area contributed by atoms with E-state index in [1.807, 2.05) is 6.08 Å². The Morgan fingerprint density at radius 1 is 1.25 bits per heavy atom. The van der Waals surface area contributed by atoms with E-state index in [0.717, 1.165) is 25.7 Å². The lowest BCUT2D eigenvalue weighted by Gasteiger charge is -1.95. The Balaban J connectivity index is 3.46. The molecule has 0 aliphatic carbocycles. The molecular weight excluding hydrogens is 200 g/mol. The maximum absolute atomic E-state index is 11.1. The van der Waals surface area contributed by atoms with Gasteiger partial charge in [0.25, 0.3) is 0 Å². The van der Waals surface area contributed by atoms with Crippen molar-refractivity contribution in [1.82, 2.24) is 0 Å². The number of allylic oxidation sites excluding steroid dienone is 1. The molecule has 0 aromatic carbocycles. The van der Waals surface area contributed by atoms with Crippen LogP contribution >= 0.6 is 0 Å². The topological polar surface area (TPSA) is 26.3 Å². The summed E-state index contributed by atoms with van der Waals surface area (Å²) >= 11 is 0. The van der Waals surface area contributed by atoms with Gasteiger partial charge in [-0.25, -0.2) is 4.79 Å². The second-order valence-electron chi connectivity index (χ2n) is 3.56. The van der Waals surface area contributed by atoms with Gasteiger partial charge in [-0.1, -0.05) is 44.8 Å². The van der Waals surface area contributed by atoms with Crippen LogP contribution in [-0.4, -0.2) is 12.6 Å². The van der Waals surface area contributed by atoms with Crippen molar-refractivity contribution >= 4 is 5.97 Å². The number of carbonyl (C=O) groups is 1. The first kappa shape index (κ1) is 14.8. The smallest absolute Gasteiger partial charge is 0.384 e. The van der Waals surface area contributed by atoms with E-state index >= 15 is 0 Å². The van der Waals surface area contributed by atoms with Crippen LogP contribution in [0.3, 0.4) is 0 Å². The molecule has 0 unspecified atom stereocenters. The summed E-state index contributed by atoms with van der Waals surface area (Å²) in [6.07, 6.45) is 10.1. The first-order valence-electron chi connectivity index (χ1n) is 6.11. The number of esters is 1. The molecule has 0 aromatic heterocycles. The highest BCUT2D eigenvalue weighted by molar-refractivity contribution is 5.88. The lowest BCUT2D eigenvalue weighted by molar-refractivity contribution is -0.136. The van der Waals surface area contributed by atoms with E-state index in [9.17, 15) is 4.79 Å².